The highest BCUT2D eigenvalue weighted by Gasteiger charge is 2.32. The van der Waals surface area contributed by atoms with Crippen molar-refractivity contribution in [1.29, 1.82) is 0 Å². The van der Waals surface area contributed by atoms with E-state index in [2.05, 4.69) is 11.6 Å². The molecule has 1 aliphatic carbocycles. The molecule has 0 bridgehead atoms. The number of esters is 1. The highest BCUT2D eigenvalue weighted by Crippen LogP contribution is 2.39. The van der Waals surface area contributed by atoms with Crippen LogP contribution in [0.25, 0.3) is 0 Å². The molecule has 0 saturated heterocycles. The van der Waals surface area contributed by atoms with Crippen molar-refractivity contribution in [1.82, 2.24) is 5.32 Å². The molecule has 0 aliphatic heterocycles. The largest absolute Gasteiger partial charge is 0.460 e. The van der Waals surface area contributed by atoms with Gasteiger partial charge in [-0.1, -0.05) is 12.8 Å². The van der Waals surface area contributed by atoms with Gasteiger partial charge in [0.15, 0.2) is 0 Å². The molecule has 1 rings (SSSR count). The van der Waals surface area contributed by atoms with E-state index in [4.69, 9.17) is 4.74 Å². The van der Waals surface area contributed by atoms with Crippen LogP contribution in [0.15, 0.2) is 0 Å². The summed E-state index contributed by atoms with van der Waals surface area (Å²) >= 11 is 1.97. The number of rotatable bonds is 6. The highest BCUT2D eigenvalue weighted by atomic mass is 32.2. The Hall–Kier alpha value is -0.220. The number of thioether (sulfide) groups is 1. The van der Waals surface area contributed by atoms with Gasteiger partial charge >= 0.3 is 5.97 Å². The fraction of sp³-hybridized carbons (Fsp3) is 0.929. The normalized spacial score (nSPS) is 18.9. The zero-order valence-corrected chi connectivity index (χ0v) is 13.0. The Morgan fingerprint density at radius 1 is 1.33 bits per heavy atom. The van der Waals surface area contributed by atoms with Crippen molar-refractivity contribution in [3.63, 3.8) is 0 Å². The summed E-state index contributed by atoms with van der Waals surface area (Å²) in [6.07, 6.45) is 7.94. The Balaban J connectivity index is 2.16. The molecule has 1 fully saturated rings. The molecule has 4 heteroatoms. The summed E-state index contributed by atoms with van der Waals surface area (Å²) < 4.78 is 5.69. The van der Waals surface area contributed by atoms with E-state index >= 15 is 0 Å². The van der Waals surface area contributed by atoms with Crippen molar-refractivity contribution in [2.24, 2.45) is 0 Å². The monoisotopic (exact) mass is 273 g/mol. The second-order valence-electron chi connectivity index (χ2n) is 6.11. The maximum absolute atomic E-state index is 11.5. The summed E-state index contributed by atoms with van der Waals surface area (Å²) in [7, 11) is 0. The SMILES string of the molecule is CSC1(CNCCC(=O)OC(C)(C)C)CCCC1. The number of carbonyl (C=O) groups is 1. The lowest BCUT2D eigenvalue weighted by Gasteiger charge is -2.27. The van der Waals surface area contributed by atoms with Gasteiger partial charge in [0.05, 0.1) is 6.42 Å². The summed E-state index contributed by atoms with van der Waals surface area (Å²) in [6.45, 7) is 7.44. The Morgan fingerprint density at radius 2 is 1.94 bits per heavy atom. The number of carbonyl (C=O) groups excluding carboxylic acids is 1. The van der Waals surface area contributed by atoms with Gasteiger partial charge in [-0.2, -0.15) is 11.8 Å². The van der Waals surface area contributed by atoms with E-state index in [1.807, 2.05) is 32.5 Å². The maximum atomic E-state index is 11.5. The minimum atomic E-state index is -0.372. The van der Waals surface area contributed by atoms with Crippen LogP contribution in [0, 0.1) is 0 Å². The summed E-state index contributed by atoms with van der Waals surface area (Å²) in [5.41, 5.74) is -0.372. The minimum Gasteiger partial charge on any atom is -0.460 e. The number of hydrogen-bond donors (Lipinski definition) is 1. The number of ether oxygens (including phenoxy) is 1. The Bertz CT molecular complexity index is 267. The van der Waals surface area contributed by atoms with Gasteiger partial charge < -0.3 is 10.1 Å². The van der Waals surface area contributed by atoms with Crippen LogP contribution in [0.4, 0.5) is 0 Å². The van der Waals surface area contributed by atoms with E-state index in [0.717, 1.165) is 13.1 Å². The first-order valence-corrected chi connectivity index (χ1v) is 8.07. The molecule has 0 aromatic heterocycles. The first kappa shape index (κ1) is 15.8. The molecule has 0 aromatic carbocycles. The molecule has 0 aromatic rings. The number of nitrogens with one attached hydrogen (secondary N) is 1. The van der Waals surface area contributed by atoms with Crippen LogP contribution in [-0.2, 0) is 9.53 Å². The quantitative estimate of drug-likeness (QED) is 0.596. The van der Waals surface area contributed by atoms with Crippen LogP contribution in [0.1, 0.15) is 52.9 Å². The van der Waals surface area contributed by atoms with Crippen LogP contribution in [0.2, 0.25) is 0 Å². The fourth-order valence-electron chi connectivity index (χ4n) is 2.37. The smallest absolute Gasteiger partial charge is 0.307 e. The lowest BCUT2D eigenvalue weighted by atomic mass is 10.1. The predicted octanol–water partition coefficient (Wildman–Crippen LogP) is 2.98. The fourth-order valence-corrected chi connectivity index (χ4v) is 3.31. The molecule has 1 aliphatic rings. The van der Waals surface area contributed by atoms with Crippen molar-refractivity contribution >= 4 is 17.7 Å². The van der Waals surface area contributed by atoms with Gasteiger partial charge in [-0.3, -0.25) is 4.79 Å². The minimum absolute atomic E-state index is 0.111. The molecule has 106 valence electrons. The van der Waals surface area contributed by atoms with Gasteiger partial charge in [-0.25, -0.2) is 0 Å². The van der Waals surface area contributed by atoms with E-state index in [9.17, 15) is 4.79 Å². The van der Waals surface area contributed by atoms with E-state index in [0.29, 0.717) is 11.2 Å². The molecular formula is C14H27NO2S. The third kappa shape index (κ3) is 5.61. The summed E-state index contributed by atoms with van der Waals surface area (Å²) in [6, 6.07) is 0. The molecular weight excluding hydrogens is 246 g/mol. The van der Waals surface area contributed by atoms with Crippen LogP contribution in [0.3, 0.4) is 0 Å². The van der Waals surface area contributed by atoms with Gasteiger partial charge in [0, 0.05) is 17.8 Å². The molecule has 3 nitrogen and oxygen atoms in total. The molecule has 0 spiro atoms. The maximum Gasteiger partial charge on any atom is 0.307 e. The Morgan fingerprint density at radius 3 is 2.44 bits per heavy atom. The molecule has 0 amide bonds. The summed E-state index contributed by atoms with van der Waals surface area (Å²) in [4.78, 5) is 11.5. The zero-order valence-electron chi connectivity index (χ0n) is 12.2. The topological polar surface area (TPSA) is 38.3 Å². The van der Waals surface area contributed by atoms with Gasteiger partial charge in [-0.15, -0.1) is 0 Å². The molecule has 0 atom stereocenters. The summed E-state index contributed by atoms with van der Waals surface area (Å²) in [5, 5.41) is 3.41. The highest BCUT2D eigenvalue weighted by molar-refractivity contribution is 8.00. The molecule has 1 saturated carbocycles. The van der Waals surface area contributed by atoms with Gasteiger partial charge in [-0.05, 0) is 39.9 Å². The molecule has 0 radical (unpaired) electrons. The van der Waals surface area contributed by atoms with E-state index in [1.54, 1.807) is 0 Å². The van der Waals surface area contributed by atoms with E-state index < -0.39 is 0 Å². The average molecular weight is 273 g/mol. The van der Waals surface area contributed by atoms with Crippen LogP contribution < -0.4 is 5.32 Å². The molecule has 0 heterocycles. The predicted molar refractivity (Wildman–Crippen MR) is 78.0 cm³/mol. The van der Waals surface area contributed by atoms with Crippen molar-refractivity contribution in [2.45, 2.75) is 63.2 Å². The average Bonchev–Trinajstić information content (AvgIpc) is 2.71. The van der Waals surface area contributed by atoms with Crippen molar-refractivity contribution in [3.8, 4) is 0 Å². The van der Waals surface area contributed by atoms with E-state index in [1.165, 1.54) is 25.7 Å². The Labute approximate surface area is 115 Å². The second kappa shape index (κ2) is 6.80. The van der Waals surface area contributed by atoms with Gasteiger partial charge in [0.25, 0.3) is 0 Å². The lowest BCUT2D eigenvalue weighted by Crippen LogP contribution is -2.36. The van der Waals surface area contributed by atoms with Crippen LogP contribution >= 0.6 is 11.8 Å². The third-order valence-electron chi connectivity index (χ3n) is 3.32. The summed E-state index contributed by atoms with van der Waals surface area (Å²) in [5.74, 6) is -0.111. The van der Waals surface area contributed by atoms with Crippen molar-refractivity contribution in [2.75, 3.05) is 19.3 Å². The molecule has 18 heavy (non-hydrogen) atoms. The first-order valence-electron chi connectivity index (χ1n) is 6.85. The zero-order chi connectivity index (χ0) is 13.6. The van der Waals surface area contributed by atoms with Crippen LogP contribution in [0.5, 0.6) is 0 Å². The molecule has 1 N–H and O–H groups in total. The Kier molecular flexibility index (Phi) is 5.99. The van der Waals surface area contributed by atoms with Crippen LogP contribution in [-0.4, -0.2) is 35.7 Å². The second-order valence-corrected chi connectivity index (χ2v) is 7.38. The van der Waals surface area contributed by atoms with Gasteiger partial charge in [0.1, 0.15) is 5.60 Å². The van der Waals surface area contributed by atoms with Crippen molar-refractivity contribution < 1.29 is 9.53 Å². The standard InChI is InChI=1S/C14H27NO2S/c1-13(2,3)17-12(16)7-10-15-11-14(18-4)8-5-6-9-14/h15H,5-11H2,1-4H3. The first-order chi connectivity index (χ1) is 8.37. The molecule has 0 unspecified atom stereocenters. The lowest BCUT2D eigenvalue weighted by molar-refractivity contribution is -0.154. The van der Waals surface area contributed by atoms with Crippen molar-refractivity contribution in [3.05, 3.63) is 0 Å². The number of hydrogen-bond acceptors (Lipinski definition) is 4. The van der Waals surface area contributed by atoms with E-state index in [-0.39, 0.29) is 11.6 Å². The van der Waals surface area contributed by atoms with Gasteiger partial charge in [0.2, 0.25) is 0 Å². The third-order valence-corrected chi connectivity index (χ3v) is 4.74.